The summed E-state index contributed by atoms with van der Waals surface area (Å²) < 4.78 is 0. The molecule has 2 nitrogen and oxygen atoms in total. The molecule has 19 heavy (non-hydrogen) atoms. The fourth-order valence-electron chi connectivity index (χ4n) is 2.61. The van der Waals surface area contributed by atoms with E-state index in [1.807, 2.05) is 19.1 Å². The first-order valence-corrected chi connectivity index (χ1v) is 7.48. The molecule has 2 aromatic rings. The Labute approximate surface area is 117 Å². The minimum atomic E-state index is 0.231. The van der Waals surface area contributed by atoms with Crippen molar-refractivity contribution in [2.45, 2.75) is 19.8 Å². The predicted molar refractivity (Wildman–Crippen MR) is 80.4 cm³/mol. The quantitative estimate of drug-likeness (QED) is 0.793. The summed E-state index contributed by atoms with van der Waals surface area (Å²) in [4.78, 5) is 16.6. The molecule has 0 saturated carbocycles. The Morgan fingerprint density at radius 3 is 2.89 bits per heavy atom. The monoisotopic (exact) mass is 271 g/mol. The third kappa shape index (κ3) is 2.56. The third-order valence-electron chi connectivity index (χ3n) is 3.56. The second-order valence-electron chi connectivity index (χ2n) is 4.99. The van der Waals surface area contributed by atoms with Crippen molar-refractivity contribution in [2.24, 2.45) is 0 Å². The maximum absolute atomic E-state index is 12.3. The number of rotatable bonds is 3. The second-order valence-corrected chi connectivity index (χ2v) is 6.28. The predicted octanol–water partition coefficient (Wildman–Crippen LogP) is 3.69. The van der Waals surface area contributed by atoms with E-state index in [2.05, 4.69) is 29.2 Å². The zero-order chi connectivity index (χ0) is 13.2. The average Bonchev–Trinajstić information content (AvgIpc) is 2.86. The van der Waals surface area contributed by atoms with Gasteiger partial charge >= 0.3 is 0 Å². The van der Waals surface area contributed by atoms with Crippen LogP contribution in [0.25, 0.3) is 0 Å². The lowest BCUT2D eigenvalue weighted by Gasteiger charge is -2.30. The Morgan fingerprint density at radius 1 is 1.26 bits per heavy atom. The maximum atomic E-state index is 12.3. The summed E-state index contributed by atoms with van der Waals surface area (Å²) >= 11 is 1.59. The van der Waals surface area contributed by atoms with Crippen molar-refractivity contribution < 1.29 is 4.79 Å². The number of fused-ring (bicyclic) bond motifs is 1. The smallest absolute Gasteiger partial charge is 0.191 e. The van der Waals surface area contributed by atoms with E-state index >= 15 is 0 Å². The third-order valence-corrected chi connectivity index (χ3v) is 4.60. The minimum absolute atomic E-state index is 0.231. The summed E-state index contributed by atoms with van der Waals surface area (Å²) in [6.07, 6.45) is 2.26. The van der Waals surface area contributed by atoms with E-state index in [9.17, 15) is 4.79 Å². The van der Waals surface area contributed by atoms with Crippen molar-refractivity contribution in [1.29, 1.82) is 0 Å². The summed E-state index contributed by atoms with van der Waals surface area (Å²) in [5, 5.41) is 0. The fraction of sp³-hybridized carbons (Fsp3) is 0.312. The van der Waals surface area contributed by atoms with Gasteiger partial charge in [-0.15, -0.1) is 11.3 Å². The van der Waals surface area contributed by atoms with Crippen LogP contribution in [0.3, 0.4) is 0 Å². The molecule has 0 aliphatic carbocycles. The molecular formula is C16H17NOS. The van der Waals surface area contributed by atoms with Gasteiger partial charge in [0.1, 0.15) is 0 Å². The van der Waals surface area contributed by atoms with E-state index < -0.39 is 0 Å². The van der Waals surface area contributed by atoms with Crippen LogP contribution in [-0.2, 0) is 6.42 Å². The van der Waals surface area contributed by atoms with E-state index in [-0.39, 0.29) is 5.78 Å². The fourth-order valence-corrected chi connectivity index (χ4v) is 3.41. The highest BCUT2D eigenvalue weighted by atomic mass is 32.1. The number of ketones is 1. The highest BCUT2D eigenvalue weighted by molar-refractivity contribution is 7.14. The summed E-state index contributed by atoms with van der Waals surface area (Å²) in [6.45, 7) is 3.52. The number of anilines is 1. The van der Waals surface area contributed by atoms with Gasteiger partial charge in [-0.05, 0) is 43.5 Å². The van der Waals surface area contributed by atoms with Gasteiger partial charge < -0.3 is 4.90 Å². The number of carbonyl (C=O) groups is 1. The first-order chi connectivity index (χ1) is 9.24. The molecular weight excluding hydrogens is 254 g/mol. The number of hydrogen-bond donors (Lipinski definition) is 0. The molecule has 0 saturated heterocycles. The van der Waals surface area contributed by atoms with Gasteiger partial charge in [0.15, 0.2) is 5.78 Å². The second kappa shape index (κ2) is 5.17. The minimum Gasteiger partial charge on any atom is -0.364 e. The number of nitrogens with zero attached hydrogens (tertiary/aromatic N) is 1. The van der Waals surface area contributed by atoms with Crippen LogP contribution < -0.4 is 4.90 Å². The van der Waals surface area contributed by atoms with Crippen LogP contribution in [0.2, 0.25) is 0 Å². The van der Waals surface area contributed by atoms with E-state index in [4.69, 9.17) is 0 Å². The number of Topliss-reactive ketones (excluding diaryl/α,β-unsaturated/α-hetero) is 1. The van der Waals surface area contributed by atoms with Crippen LogP contribution in [-0.4, -0.2) is 18.9 Å². The van der Waals surface area contributed by atoms with Crippen LogP contribution in [0.15, 0.2) is 36.4 Å². The van der Waals surface area contributed by atoms with Crippen LogP contribution in [0.1, 0.15) is 26.5 Å². The van der Waals surface area contributed by atoms with E-state index in [1.54, 1.807) is 11.3 Å². The molecule has 1 aromatic carbocycles. The van der Waals surface area contributed by atoms with Crippen molar-refractivity contribution in [1.82, 2.24) is 0 Å². The number of hydrogen-bond acceptors (Lipinski definition) is 3. The first-order valence-electron chi connectivity index (χ1n) is 6.66. The van der Waals surface area contributed by atoms with Crippen molar-refractivity contribution >= 4 is 22.8 Å². The first kappa shape index (κ1) is 12.4. The van der Waals surface area contributed by atoms with Crippen LogP contribution in [0, 0.1) is 6.92 Å². The molecule has 1 aromatic heterocycles. The standard InChI is InChI=1S/C16H17NOS/c1-12-8-9-16(19-12)15(18)11-17-10-4-6-13-5-2-3-7-14(13)17/h2-3,5,7-9H,4,6,10-11H2,1H3. The van der Waals surface area contributed by atoms with E-state index in [1.165, 1.54) is 16.1 Å². The molecule has 98 valence electrons. The molecule has 0 bridgehead atoms. The summed E-state index contributed by atoms with van der Waals surface area (Å²) in [7, 11) is 0. The van der Waals surface area contributed by atoms with Crippen LogP contribution >= 0.6 is 11.3 Å². The molecule has 0 atom stereocenters. The number of benzene rings is 1. The molecule has 0 unspecified atom stereocenters. The van der Waals surface area contributed by atoms with Crippen molar-refractivity contribution in [3.63, 3.8) is 0 Å². The Hall–Kier alpha value is -1.61. The highest BCUT2D eigenvalue weighted by Crippen LogP contribution is 2.27. The molecule has 0 fully saturated rings. The molecule has 1 aliphatic heterocycles. The molecule has 1 aliphatic rings. The topological polar surface area (TPSA) is 20.3 Å². The average molecular weight is 271 g/mol. The zero-order valence-corrected chi connectivity index (χ0v) is 11.9. The van der Waals surface area contributed by atoms with Gasteiger partial charge in [0.05, 0.1) is 11.4 Å². The summed E-state index contributed by atoms with van der Waals surface area (Å²) in [6, 6.07) is 12.4. The number of para-hydroxylation sites is 1. The van der Waals surface area contributed by atoms with Gasteiger partial charge in [0, 0.05) is 17.1 Å². The van der Waals surface area contributed by atoms with Crippen molar-refractivity contribution in [3.8, 4) is 0 Å². The number of aryl methyl sites for hydroxylation is 2. The van der Waals surface area contributed by atoms with Gasteiger partial charge in [-0.3, -0.25) is 4.79 Å². The molecule has 3 heteroatoms. The summed E-state index contributed by atoms with van der Waals surface area (Å²) in [5.74, 6) is 0.231. The lowest BCUT2D eigenvalue weighted by atomic mass is 10.0. The maximum Gasteiger partial charge on any atom is 0.191 e. The molecule has 0 amide bonds. The number of carbonyl (C=O) groups excluding carboxylic acids is 1. The van der Waals surface area contributed by atoms with Crippen LogP contribution in [0.4, 0.5) is 5.69 Å². The van der Waals surface area contributed by atoms with Gasteiger partial charge in [-0.2, -0.15) is 0 Å². The Bertz CT molecular complexity index is 602. The summed E-state index contributed by atoms with van der Waals surface area (Å²) in [5.41, 5.74) is 2.60. The normalized spacial score (nSPS) is 14.3. The molecule has 0 spiro atoms. The lowest BCUT2D eigenvalue weighted by Crippen LogP contribution is -2.34. The Kier molecular flexibility index (Phi) is 3.38. The molecule has 0 radical (unpaired) electrons. The lowest BCUT2D eigenvalue weighted by molar-refractivity contribution is 0.100. The molecule has 3 rings (SSSR count). The van der Waals surface area contributed by atoms with Gasteiger partial charge in [0.25, 0.3) is 0 Å². The largest absolute Gasteiger partial charge is 0.364 e. The van der Waals surface area contributed by atoms with E-state index in [0.29, 0.717) is 6.54 Å². The van der Waals surface area contributed by atoms with Gasteiger partial charge in [-0.1, -0.05) is 18.2 Å². The van der Waals surface area contributed by atoms with Crippen LogP contribution in [0.5, 0.6) is 0 Å². The Balaban J connectivity index is 1.79. The highest BCUT2D eigenvalue weighted by Gasteiger charge is 2.19. The van der Waals surface area contributed by atoms with Gasteiger partial charge in [-0.25, -0.2) is 0 Å². The van der Waals surface area contributed by atoms with E-state index in [0.717, 1.165) is 24.3 Å². The zero-order valence-electron chi connectivity index (χ0n) is 11.1. The van der Waals surface area contributed by atoms with Crippen molar-refractivity contribution in [2.75, 3.05) is 18.0 Å². The molecule has 0 N–H and O–H groups in total. The van der Waals surface area contributed by atoms with Gasteiger partial charge in [0.2, 0.25) is 0 Å². The SMILES string of the molecule is Cc1ccc(C(=O)CN2CCCc3ccccc32)s1. The Morgan fingerprint density at radius 2 is 2.11 bits per heavy atom. The number of thiophene rings is 1. The molecule has 2 heterocycles. The van der Waals surface area contributed by atoms with Crippen molar-refractivity contribution in [3.05, 3.63) is 51.7 Å².